The monoisotopic (exact) mass is 263 g/mol. The lowest BCUT2D eigenvalue weighted by molar-refractivity contribution is 0.220. The number of ether oxygens (including phenoxy) is 1. The Bertz CT molecular complexity index is 399. The van der Waals surface area contributed by atoms with Crippen LogP contribution in [0.3, 0.4) is 0 Å². The van der Waals surface area contributed by atoms with Crippen molar-refractivity contribution in [3.05, 3.63) is 41.7 Å². The van der Waals surface area contributed by atoms with Gasteiger partial charge in [-0.25, -0.2) is 0 Å². The van der Waals surface area contributed by atoms with E-state index in [0.717, 1.165) is 25.2 Å². The molecule has 18 heavy (non-hydrogen) atoms. The third-order valence-corrected chi connectivity index (χ3v) is 4.04. The fourth-order valence-corrected chi connectivity index (χ4v) is 2.95. The minimum absolute atomic E-state index is 0.283. The normalized spacial score (nSPS) is 16.9. The fraction of sp³-hybridized carbons (Fsp3) is 0.467. The highest BCUT2D eigenvalue weighted by Crippen LogP contribution is 2.28. The van der Waals surface area contributed by atoms with Gasteiger partial charge < -0.3 is 10.1 Å². The average Bonchev–Trinajstić information content (AvgIpc) is 2.43. The van der Waals surface area contributed by atoms with Crippen molar-refractivity contribution in [2.75, 3.05) is 19.4 Å². The van der Waals surface area contributed by atoms with E-state index in [2.05, 4.69) is 36.5 Å². The van der Waals surface area contributed by atoms with Crippen LogP contribution in [0, 0.1) is 0 Å². The van der Waals surface area contributed by atoms with E-state index < -0.39 is 0 Å². The van der Waals surface area contributed by atoms with Crippen molar-refractivity contribution >= 4 is 11.8 Å². The zero-order chi connectivity index (χ0) is 12.8. The molecule has 0 saturated heterocycles. The lowest BCUT2D eigenvalue weighted by Crippen LogP contribution is -2.20. The molecule has 0 bridgehead atoms. The van der Waals surface area contributed by atoms with E-state index >= 15 is 0 Å². The van der Waals surface area contributed by atoms with Crippen LogP contribution in [-0.2, 0) is 4.74 Å². The summed E-state index contributed by atoms with van der Waals surface area (Å²) in [5.74, 6) is 1.12. The van der Waals surface area contributed by atoms with E-state index in [1.807, 2.05) is 25.1 Å². The van der Waals surface area contributed by atoms with Crippen LogP contribution in [0.25, 0.3) is 0 Å². The largest absolute Gasteiger partial charge is 0.501 e. The molecule has 0 radical (unpaired) electrons. The van der Waals surface area contributed by atoms with Gasteiger partial charge in [-0.2, -0.15) is 0 Å². The highest BCUT2D eigenvalue weighted by Gasteiger charge is 2.17. The van der Waals surface area contributed by atoms with Crippen LogP contribution in [0.4, 0.5) is 0 Å². The smallest absolute Gasteiger partial charge is 0.0876 e. The van der Waals surface area contributed by atoms with Crippen LogP contribution in [-0.4, -0.2) is 19.4 Å². The Morgan fingerprint density at radius 1 is 1.33 bits per heavy atom. The van der Waals surface area contributed by atoms with E-state index in [-0.39, 0.29) is 6.04 Å². The third kappa shape index (κ3) is 3.30. The molecule has 3 heteroatoms. The van der Waals surface area contributed by atoms with Gasteiger partial charge in [-0.3, -0.25) is 0 Å². The highest BCUT2D eigenvalue weighted by atomic mass is 32.2. The predicted octanol–water partition coefficient (Wildman–Crippen LogP) is 3.75. The Morgan fingerprint density at radius 2 is 2.11 bits per heavy atom. The molecule has 0 amide bonds. The quantitative estimate of drug-likeness (QED) is 0.817. The maximum atomic E-state index is 5.44. The highest BCUT2D eigenvalue weighted by molar-refractivity contribution is 7.99. The number of rotatable bonds is 5. The van der Waals surface area contributed by atoms with Crippen LogP contribution in [0.1, 0.15) is 31.4 Å². The van der Waals surface area contributed by atoms with Crippen molar-refractivity contribution in [2.45, 2.75) is 30.7 Å². The van der Waals surface area contributed by atoms with Crippen LogP contribution < -0.4 is 5.32 Å². The van der Waals surface area contributed by atoms with Gasteiger partial charge in [-0.05, 0) is 48.9 Å². The summed E-state index contributed by atoms with van der Waals surface area (Å²) in [6.45, 7) is 3.03. The maximum Gasteiger partial charge on any atom is 0.0876 e. The molecule has 1 heterocycles. The van der Waals surface area contributed by atoms with E-state index in [9.17, 15) is 0 Å². The molecule has 0 spiro atoms. The van der Waals surface area contributed by atoms with Crippen LogP contribution in [0.2, 0.25) is 0 Å². The van der Waals surface area contributed by atoms with E-state index in [1.54, 1.807) is 0 Å². The molecule has 1 aromatic rings. The van der Waals surface area contributed by atoms with Gasteiger partial charge in [0.15, 0.2) is 0 Å². The molecule has 1 unspecified atom stereocenters. The second kappa shape index (κ2) is 6.86. The summed E-state index contributed by atoms with van der Waals surface area (Å²) in [6, 6.07) is 9.13. The Hall–Kier alpha value is -0.930. The summed E-state index contributed by atoms with van der Waals surface area (Å²) in [6.07, 6.45) is 4.17. The maximum absolute atomic E-state index is 5.44. The molecular weight excluding hydrogens is 242 g/mol. The summed E-state index contributed by atoms with van der Waals surface area (Å²) in [5, 5.41) is 3.38. The van der Waals surface area contributed by atoms with Crippen molar-refractivity contribution in [2.24, 2.45) is 0 Å². The molecule has 0 saturated carbocycles. The second-order valence-electron chi connectivity index (χ2n) is 4.39. The third-order valence-electron chi connectivity index (χ3n) is 3.15. The molecule has 1 N–H and O–H groups in total. The van der Waals surface area contributed by atoms with Crippen molar-refractivity contribution in [1.29, 1.82) is 0 Å². The van der Waals surface area contributed by atoms with Crippen molar-refractivity contribution < 1.29 is 4.74 Å². The van der Waals surface area contributed by atoms with Crippen LogP contribution in [0.15, 0.2) is 41.0 Å². The first-order chi connectivity index (χ1) is 8.85. The van der Waals surface area contributed by atoms with Gasteiger partial charge >= 0.3 is 0 Å². The minimum atomic E-state index is 0.283. The van der Waals surface area contributed by atoms with Gasteiger partial charge in [0.1, 0.15) is 0 Å². The molecule has 1 aliphatic heterocycles. The predicted molar refractivity (Wildman–Crippen MR) is 77.9 cm³/mol. The lowest BCUT2D eigenvalue weighted by atomic mass is 9.95. The molecule has 1 aliphatic rings. The first kappa shape index (κ1) is 13.5. The molecular formula is C15H21NOS. The van der Waals surface area contributed by atoms with Gasteiger partial charge in [-0.1, -0.05) is 19.1 Å². The van der Waals surface area contributed by atoms with E-state index in [1.165, 1.54) is 16.0 Å². The topological polar surface area (TPSA) is 21.3 Å². The molecule has 1 atom stereocenters. The minimum Gasteiger partial charge on any atom is -0.501 e. The van der Waals surface area contributed by atoms with Gasteiger partial charge in [0.2, 0.25) is 0 Å². The Morgan fingerprint density at radius 3 is 2.67 bits per heavy atom. The Labute approximate surface area is 114 Å². The zero-order valence-corrected chi connectivity index (χ0v) is 11.9. The van der Waals surface area contributed by atoms with E-state index in [0.29, 0.717) is 0 Å². The standard InChI is InChI=1S/C15H21NOS/c1-3-18-14-8-6-12(7-9-14)15(16-2)13-5-4-10-17-11-13/h6-9,11,15-16H,3-5,10H2,1-2H3. The SMILES string of the molecule is CCSc1ccc(C(NC)C2=COCCC2)cc1. The summed E-state index contributed by atoms with van der Waals surface area (Å²) < 4.78 is 5.44. The number of likely N-dealkylation sites (N-methyl/N-ethyl adjacent to an activating group) is 1. The first-order valence-corrected chi connectivity index (χ1v) is 7.54. The fourth-order valence-electron chi connectivity index (χ4n) is 2.29. The first-order valence-electron chi connectivity index (χ1n) is 6.55. The summed E-state index contributed by atoms with van der Waals surface area (Å²) >= 11 is 1.88. The number of benzene rings is 1. The summed E-state index contributed by atoms with van der Waals surface area (Å²) in [4.78, 5) is 1.34. The second-order valence-corrected chi connectivity index (χ2v) is 5.73. The molecule has 98 valence electrons. The Kier molecular flexibility index (Phi) is 5.14. The zero-order valence-electron chi connectivity index (χ0n) is 11.1. The number of hydrogen-bond acceptors (Lipinski definition) is 3. The van der Waals surface area contributed by atoms with Crippen molar-refractivity contribution in [1.82, 2.24) is 5.32 Å². The van der Waals surface area contributed by atoms with Gasteiger partial charge in [0, 0.05) is 4.90 Å². The number of hydrogen-bond donors (Lipinski definition) is 1. The molecule has 2 nitrogen and oxygen atoms in total. The number of nitrogens with one attached hydrogen (secondary N) is 1. The van der Waals surface area contributed by atoms with Crippen LogP contribution in [0.5, 0.6) is 0 Å². The van der Waals surface area contributed by atoms with Gasteiger partial charge in [0.25, 0.3) is 0 Å². The Balaban J connectivity index is 2.14. The number of thioether (sulfide) groups is 1. The summed E-state index contributed by atoms with van der Waals surface area (Å²) in [7, 11) is 2.01. The van der Waals surface area contributed by atoms with Crippen molar-refractivity contribution in [3.8, 4) is 0 Å². The molecule has 1 aromatic carbocycles. The van der Waals surface area contributed by atoms with Gasteiger partial charge in [0.05, 0.1) is 18.9 Å². The summed E-state index contributed by atoms with van der Waals surface area (Å²) in [5.41, 5.74) is 2.66. The molecule has 0 aromatic heterocycles. The lowest BCUT2D eigenvalue weighted by Gasteiger charge is -2.23. The van der Waals surface area contributed by atoms with E-state index in [4.69, 9.17) is 4.74 Å². The van der Waals surface area contributed by atoms with Crippen molar-refractivity contribution in [3.63, 3.8) is 0 Å². The van der Waals surface area contributed by atoms with Crippen LogP contribution >= 0.6 is 11.8 Å². The van der Waals surface area contributed by atoms with Gasteiger partial charge in [-0.15, -0.1) is 11.8 Å². The molecule has 0 fully saturated rings. The molecule has 0 aliphatic carbocycles. The average molecular weight is 263 g/mol. The molecule has 2 rings (SSSR count).